The van der Waals surface area contributed by atoms with Crippen LogP contribution in [-0.2, 0) is 6.42 Å². The summed E-state index contributed by atoms with van der Waals surface area (Å²) in [6.45, 7) is 4.34. The van der Waals surface area contributed by atoms with Gasteiger partial charge in [-0.25, -0.2) is 0 Å². The highest BCUT2D eigenvalue weighted by molar-refractivity contribution is 6.32. The number of aryl methyl sites for hydroxylation is 1. The van der Waals surface area contributed by atoms with Gasteiger partial charge in [0.15, 0.2) is 0 Å². The first kappa shape index (κ1) is 17.9. The van der Waals surface area contributed by atoms with Crippen molar-refractivity contribution in [3.8, 4) is 6.07 Å². The maximum absolute atomic E-state index is 9.27. The largest absolute Gasteiger partial charge is 0.361 e. The number of alkyl halides is 1. The number of nitrogens with one attached hydrogen (secondary N) is 1. The maximum Gasteiger partial charge on any atom is 0.114 e. The van der Waals surface area contributed by atoms with E-state index in [2.05, 4.69) is 54.4 Å². The minimum atomic E-state index is -0.228. The van der Waals surface area contributed by atoms with Gasteiger partial charge < -0.3 is 10.2 Å². The maximum atomic E-state index is 9.27. The molecule has 1 aliphatic rings. The second kappa shape index (κ2) is 7.15. The Morgan fingerprint density at radius 3 is 2.40 bits per heavy atom. The average Bonchev–Trinajstić information content (AvgIpc) is 2.95. The zero-order valence-corrected chi connectivity index (χ0v) is 16.0. The van der Waals surface area contributed by atoms with E-state index in [0.717, 1.165) is 36.3 Å². The molecule has 0 bridgehead atoms. The van der Waals surface area contributed by atoms with Gasteiger partial charge in [0.25, 0.3) is 0 Å². The fourth-order valence-electron chi connectivity index (χ4n) is 3.52. The quantitative estimate of drug-likeness (QED) is 0.646. The van der Waals surface area contributed by atoms with Crippen LogP contribution in [0.5, 0.6) is 0 Å². The number of fused-ring (bicyclic) bond motifs is 1. The molecule has 0 aromatic heterocycles. The van der Waals surface area contributed by atoms with E-state index in [-0.39, 0.29) is 5.66 Å². The predicted molar refractivity (Wildman–Crippen MR) is 106 cm³/mol. The van der Waals surface area contributed by atoms with Gasteiger partial charge in [-0.1, -0.05) is 37.6 Å². The molecule has 1 heterocycles. The minimum Gasteiger partial charge on any atom is -0.361 e. The molecular weight excluding hydrogens is 353 g/mol. The second-order valence-corrected chi connectivity index (χ2v) is 7.05. The molecule has 0 fully saturated rings. The molecule has 5 heteroatoms. The Labute approximate surface area is 159 Å². The Morgan fingerprint density at radius 1 is 1.16 bits per heavy atom. The zero-order valence-electron chi connectivity index (χ0n) is 14.4. The third kappa shape index (κ3) is 3.05. The first-order chi connectivity index (χ1) is 12.1. The van der Waals surface area contributed by atoms with Crippen molar-refractivity contribution in [2.24, 2.45) is 0 Å². The second-order valence-electron chi connectivity index (χ2n) is 6.27. The number of nitrogens with zero attached hydrogens (tertiary/aromatic N) is 2. The van der Waals surface area contributed by atoms with Gasteiger partial charge in [0, 0.05) is 11.6 Å². The molecule has 0 saturated carbocycles. The number of halogens is 2. The van der Waals surface area contributed by atoms with E-state index in [1.807, 2.05) is 12.1 Å². The molecule has 0 spiro atoms. The van der Waals surface area contributed by atoms with Crippen molar-refractivity contribution in [3.63, 3.8) is 0 Å². The molecule has 1 N–H and O–H groups in total. The molecule has 130 valence electrons. The van der Waals surface area contributed by atoms with Crippen LogP contribution in [0.4, 0.5) is 17.1 Å². The number of nitriles is 1. The fourth-order valence-corrected chi connectivity index (χ4v) is 3.94. The van der Waals surface area contributed by atoms with Crippen molar-refractivity contribution >= 4 is 40.3 Å². The average molecular weight is 374 g/mol. The molecule has 0 atom stereocenters. The summed E-state index contributed by atoms with van der Waals surface area (Å²) in [6, 6.07) is 14.4. The third-order valence-electron chi connectivity index (χ3n) is 4.99. The van der Waals surface area contributed by atoms with Crippen LogP contribution in [0.25, 0.3) is 0 Å². The van der Waals surface area contributed by atoms with Gasteiger partial charge in [-0.05, 0) is 49.1 Å². The summed E-state index contributed by atoms with van der Waals surface area (Å²) >= 11 is 12.2. The van der Waals surface area contributed by atoms with Crippen LogP contribution in [0, 0.1) is 11.3 Å². The van der Waals surface area contributed by atoms with Crippen LogP contribution in [0.1, 0.15) is 37.8 Å². The molecule has 0 unspecified atom stereocenters. The fraction of sp³-hybridized carbons (Fsp3) is 0.350. The summed E-state index contributed by atoms with van der Waals surface area (Å²) in [5.41, 5.74) is 4.56. The van der Waals surface area contributed by atoms with Gasteiger partial charge in [0.1, 0.15) is 11.7 Å². The lowest BCUT2D eigenvalue weighted by molar-refractivity contribution is 0.458. The molecule has 0 radical (unpaired) electrons. The van der Waals surface area contributed by atoms with Crippen LogP contribution in [-0.4, -0.2) is 11.5 Å². The molecule has 2 aromatic carbocycles. The van der Waals surface area contributed by atoms with Crippen molar-refractivity contribution in [2.75, 3.05) is 16.1 Å². The molecule has 1 aliphatic heterocycles. The lowest BCUT2D eigenvalue weighted by atomic mass is 10.0. The molecule has 2 aromatic rings. The van der Waals surface area contributed by atoms with Crippen molar-refractivity contribution in [3.05, 3.63) is 52.5 Å². The van der Waals surface area contributed by atoms with Crippen molar-refractivity contribution in [1.29, 1.82) is 5.26 Å². The number of benzene rings is 2. The smallest absolute Gasteiger partial charge is 0.114 e. The lowest BCUT2D eigenvalue weighted by Crippen LogP contribution is -2.47. The summed E-state index contributed by atoms with van der Waals surface area (Å²) in [5, 5.41) is 13.4. The Kier molecular flexibility index (Phi) is 5.13. The first-order valence-electron chi connectivity index (χ1n) is 8.55. The van der Waals surface area contributed by atoms with E-state index in [1.54, 1.807) is 0 Å². The van der Waals surface area contributed by atoms with Crippen molar-refractivity contribution in [1.82, 2.24) is 0 Å². The van der Waals surface area contributed by atoms with Crippen molar-refractivity contribution < 1.29 is 0 Å². The van der Waals surface area contributed by atoms with Gasteiger partial charge >= 0.3 is 0 Å². The van der Waals surface area contributed by atoms with Crippen LogP contribution in [0.2, 0.25) is 5.02 Å². The third-order valence-corrected chi connectivity index (χ3v) is 5.49. The summed E-state index contributed by atoms with van der Waals surface area (Å²) in [4.78, 5) is 2.31. The van der Waals surface area contributed by atoms with Gasteiger partial charge in [0.2, 0.25) is 0 Å². The Balaban J connectivity index is 2.12. The summed E-state index contributed by atoms with van der Waals surface area (Å²) in [7, 11) is 0. The SMILES string of the molecule is CCC1(CC)Nc2cc(C#N)c(Cl)cc2N1c1ccc(CCCl)cc1. The zero-order chi connectivity index (χ0) is 18.0. The van der Waals surface area contributed by atoms with Gasteiger partial charge in [-0.15, -0.1) is 11.6 Å². The predicted octanol–water partition coefficient (Wildman–Crippen LogP) is 6.07. The highest BCUT2D eigenvalue weighted by Crippen LogP contribution is 2.49. The normalized spacial score (nSPS) is 14.8. The number of hydrogen-bond donors (Lipinski definition) is 1. The van der Waals surface area contributed by atoms with E-state index in [1.165, 1.54) is 5.56 Å². The van der Waals surface area contributed by atoms with Gasteiger partial charge in [-0.3, -0.25) is 0 Å². The van der Waals surface area contributed by atoms with Crippen LogP contribution in [0.15, 0.2) is 36.4 Å². The number of rotatable bonds is 5. The molecule has 3 rings (SSSR count). The molecule has 0 amide bonds. The lowest BCUT2D eigenvalue weighted by Gasteiger charge is -2.39. The summed E-state index contributed by atoms with van der Waals surface area (Å²) in [6.07, 6.45) is 2.70. The highest BCUT2D eigenvalue weighted by atomic mass is 35.5. The standard InChI is InChI=1S/C20H21Cl2N3/c1-3-20(4-2)24-18-11-15(13-23)17(22)12-19(18)25(20)16-7-5-14(6-8-16)9-10-21/h5-8,11-12,24H,3-4,9-10H2,1-2H3. The Bertz CT molecular complexity index is 805. The molecule has 0 saturated heterocycles. The van der Waals surface area contributed by atoms with Crippen LogP contribution < -0.4 is 10.2 Å². The monoisotopic (exact) mass is 373 g/mol. The van der Waals surface area contributed by atoms with E-state index < -0.39 is 0 Å². The highest BCUT2D eigenvalue weighted by Gasteiger charge is 2.42. The molecule has 0 aliphatic carbocycles. The van der Waals surface area contributed by atoms with Gasteiger partial charge in [0.05, 0.1) is 22.0 Å². The number of hydrogen-bond acceptors (Lipinski definition) is 3. The summed E-state index contributed by atoms with van der Waals surface area (Å²) < 4.78 is 0. The minimum absolute atomic E-state index is 0.228. The molecule has 3 nitrogen and oxygen atoms in total. The van der Waals surface area contributed by atoms with Gasteiger partial charge in [-0.2, -0.15) is 5.26 Å². The van der Waals surface area contributed by atoms with E-state index in [9.17, 15) is 5.26 Å². The molecular formula is C20H21Cl2N3. The first-order valence-corrected chi connectivity index (χ1v) is 9.46. The van der Waals surface area contributed by atoms with Crippen molar-refractivity contribution in [2.45, 2.75) is 38.8 Å². The Hall–Kier alpha value is -1.89. The Morgan fingerprint density at radius 2 is 1.84 bits per heavy atom. The van der Waals surface area contributed by atoms with E-state index in [4.69, 9.17) is 23.2 Å². The van der Waals surface area contributed by atoms with E-state index in [0.29, 0.717) is 16.5 Å². The van der Waals surface area contributed by atoms with Crippen LogP contribution >= 0.6 is 23.2 Å². The summed E-state index contributed by atoms with van der Waals surface area (Å²) in [5.74, 6) is 0.619. The number of anilines is 3. The van der Waals surface area contributed by atoms with E-state index >= 15 is 0 Å². The topological polar surface area (TPSA) is 39.1 Å². The molecule has 25 heavy (non-hydrogen) atoms. The van der Waals surface area contributed by atoms with Crippen LogP contribution in [0.3, 0.4) is 0 Å².